The Balaban J connectivity index is 1.52. The predicted octanol–water partition coefficient (Wildman–Crippen LogP) is 5.35. The molecule has 8 nitrogen and oxygen atoms in total. The molecule has 0 aliphatic heterocycles. The van der Waals surface area contributed by atoms with Crippen LogP contribution in [0, 0.1) is 5.82 Å². The monoisotopic (exact) mass is 512 g/mol. The first-order chi connectivity index (χ1) is 18.5. The molecule has 2 aromatic heterocycles. The minimum Gasteiger partial charge on any atom is -0.508 e. The van der Waals surface area contributed by atoms with Crippen molar-refractivity contribution in [3.63, 3.8) is 0 Å². The third-order valence-corrected chi connectivity index (χ3v) is 6.25. The molecule has 0 spiro atoms. The lowest BCUT2D eigenvalue weighted by Gasteiger charge is -2.13. The van der Waals surface area contributed by atoms with Gasteiger partial charge in [0, 0.05) is 17.5 Å². The minimum absolute atomic E-state index is 0.0358. The SMILES string of the molecule is CCCc1ncn(-c2ccc(O)cc2)c(=O)c1Cc1ccc(-c2ccccc2-c2noc(OC)n2)cc1F. The van der Waals surface area contributed by atoms with E-state index >= 15 is 4.39 Å². The lowest BCUT2D eigenvalue weighted by Crippen LogP contribution is -2.25. The van der Waals surface area contributed by atoms with Gasteiger partial charge in [0.2, 0.25) is 5.82 Å². The Morgan fingerprint density at radius 2 is 1.82 bits per heavy atom. The lowest BCUT2D eigenvalue weighted by atomic mass is 9.96. The smallest absolute Gasteiger partial charge is 0.417 e. The molecule has 0 unspecified atom stereocenters. The van der Waals surface area contributed by atoms with Crippen molar-refractivity contribution in [1.82, 2.24) is 19.7 Å². The van der Waals surface area contributed by atoms with Gasteiger partial charge in [-0.1, -0.05) is 54.9 Å². The first-order valence-corrected chi connectivity index (χ1v) is 12.1. The van der Waals surface area contributed by atoms with Crippen molar-refractivity contribution in [2.24, 2.45) is 0 Å². The van der Waals surface area contributed by atoms with Gasteiger partial charge in [-0.25, -0.2) is 9.37 Å². The summed E-state index contributed by atoms with van der Waals surface area (Å²) in [4.78, 5) is 22.2. The minimum atomic E-state index is -0.440. The molecule has 0 aliphatic rings. The Hall–Kier alpha value is -4.79. The number of hydrogen-bond acceptors (Lipinski definition) is 7. The van der Waals surface area contributed by atoms with Gasteiger partial charge in [-0.2, -0.15) is 4.98 Å². The van der Waals surface area contributed by atoms with Crippen molar-refractivity contribution in [3.8, 4) is 40.0 Å². The second kappa shape index (κ2) is 10.7. The number of nitrogens with zero attached hydrogens (tertiary/aromatic N) is 4. The van der Waals surface area contributed by atoms with E-state index in [2.05, 4.69) is 15.1 Å². The number of aryl methyl sites for hydroxylation is 1. The molecular weight excluding hydrogens is 487 g/mol. The highest BCUT2D eigenvalue weighted by atomic mass is 19.1. The summed E-state index contributed by atoms with van der Waals surface area (Å²) in [7, 11) is 1.44. The first-order valence-electron chi connectivity index (χ1n) is 12.1. The fraction of sp³-hybridized carbons (Fsp3) is 0.172. The standard InChI is InChI=1S/C29H25FN4O4/c1-3-6-26-24(28(36)34(17-31-26)20-11-13-21(35)14-12-20)15-19-10-9-18(16-25(19)30)22-7-4-5-8-23(22)27-32-29(37-2)38-33-27/h4-5,7-14,16-17,35H,3,6,15H2,1-2H3. The van der Waals surface area contributed by atoms with E-state index in [0.29, 0.717) is 45.9 Å². The van der Waals surface area contributed by atoms with Gasteiger partial charge < -0.3 is 9.84 Å². The fourth-order valence-electron chi connectivity index (χ4n) is 4.33. The maximum atomic E-state index is 15.5. The molecule has 0 bridgehead atoms. The molecule has 5 rings (SSSR count). The van der Waals surface area contributed by atoms with Gasteiger partial charge in [-0.15, -0.1) is 0 Å². The lowest BCUT2D eigenvalue weighted by molar-refractivity contribution is 0.250. The molecule has 0 aliphatic carbocycles. The Morgan fingerprint density at radius 1 is 1.05 bits per heavy atom. The van der Waals surface area contributed by atoms with E-state index in [0.717, 1.165) is 12.0 Å². The molecule has 2 heterocycles. The molecule has 0 atom stereocenters. The summed E-state index contributed by atoms with van der Waals surface area (Å²) < 4.78 is 27.0. The van der Waals surface area contributed by atoms with Crippen molar-refractivity contribution in [3.05, 3.63) is 106 Å². The molecule has 0 fully saturated rings. The van der Waals surface area contributed by atoms with Crippen LogP contribution in [0.5, 0.6) is 11.8 Å². The molecular formula is C29H25FN4O4. The number of phenolic OH excluding ortho intramolecular Hbond substituents is 1. The highest BCUT2D eigenvalue weighted by molar-refractivity contribution is 5.80. The van der Waals surface area contributed by atoms with Crippen LogP contribution in [-0.4, -0.2) is 31.9 Å². The molecule has 3 aromatic carbocycles. The third kappa shape index (κ3) is 4.90. The van der Waals surface area contributed by atoms with Crippen LogP contribution in [0.15, 0.2) is 82.4 Å². The first kappa shape index (κ1) is 24.9. The normalized spacial score (nSPS) is 11.0. The van der Waals surface area contributed by atoms with Crippen LogP contribution < -0.4 is 10.3 Å². The van der Waals surface area contributed by atoms with Gasteiger partial charge in [0.25, 0.3) is 5.56 Å². The molecule has 0 saturated heterocycles. The fourth-order valence-corrected chi connectivity index (χ4v) is 4.33. The average Bonchev–Trinajstić information content (AvgIpc) is 3.42. The van der Waals surface area contributed by atoms with Crippen LogP contribution in [0.3, 0.4) is 0 Å². The van der Waals surface area contributed by atoms with Gasteiger partial charge in [-0.3, -0.25) is 13.9 Å². The van der Waals surface area contributed by atoms with Crippen LogP contribution in [0.1, 0.15) is 30.2 Å². The highest BCUT2D eigenvalue weighted by Gasteiger charge is 2.18. The van der Waals surface area contributed by atoms with Crippen molar-refractivity contribution >= 4 is 0 Å². The van der Waals surface area contributed by atoms with Gasteiger partial charge in [-0.05, 0) is 53.4 Å². The van der Waals surface area contributed by atoms with E-state index in [1.807, 2.05) is 37.3 Å². The molecule has 192 valence electrons. The largest absolute Gasteiger partial charge is 0.508 e. The van der Waals surface area contributed by atoms with Gasteiger partial charge in [0.05, 0.1) is 18.5 Å². The number of phenols is 1. The maximum absolute atomic E-state index is 15.5. The number of halogens is 1. The number of benzene rings is 3. The van der Waals surface area contributed by atoms with Crippen LogP contribution in [0.25, 0.3) is 28.2 Å². The van der Waals surface area contributed by atoms with Crippen LogP contribution in [0.2, 0.25) is 0 Å². The number of aromatic nitrogens is 4. The predicted molar refractivity (Wildman–Crippen MR) is 140 cm³/mol. The number of hydrogen-bond donors (Lipinski definition) is 1. The molecule has 1 N–H and O–H groups in total. The molecule has 5 aromatic rings. The van der Waals surface area contributed by atoms with Crippen LogP contribution in [0.4, 0.5) is 4.39 Å². The second-order valence-electron chi connectivity index (χ2n) is 8.73. The zero-order valence-corrected chi connectivity index (χ0v) is 20.9. The quantitative estimate of drug-likeness (QED) is 0.299. The highest BCUT2D eigenvalue weighted by Crippen LogP contribution is 2.32. The summed E-state index contributed by atoms with van der Waals surface area (Å²) in [5, 5.41) is 13.6. The summed E-state index contributed by atoms with van der Waals surface area (Å²) in [5.41, 5.74) is 3.79. The van der Waals surface area contributed by atoms with E-state index in [9.17, 15) is 9.90 Å². The topological polar surface area (TPSA) is 103 Å². The summed E-state index contributed by atoms with van der Waals surface area (Å²) in [6.07, 6.45) is 3.00. The number of aromatic hydroxyl groups is 1. The average molecular weight is 513 g/mol. The van der Waals surface area contributed by atoms with Gasteiger partial charge >= 0.3 is 6.08 Å². The Bertz CT molecular complexity index is 1640. The Labute approximate surface area is 218 Å². The van der Waals surface area contributed by atoms with Crippen molar-refractivity contribution in [2.45, 2.75) is 26.2 Å². The van der Waals surface area contributed by atoms with Gasteiger partial charge in [0.15, 0.2) is 0 Å². The van der Waals surface area contributed by atoms with E-state index in [-0.39, 0.29) is 23.8 Å². The second-order valence-corrected chi connectivity index (χ2v) is 8.73. The van der Waals surface area contributed by atoms with Crippen molar-refractivity contribution < 1.29 is 18.8 Å². The molecule has 38 heavy (non-hydrogen) atoms. The van der Waals surface area contributed by atoms with E-state index in [1.54, 1.807) is 18.2 Å². The number of methoxy groups -OCH3 is 1. The summed E-state index contributed by atoms with van der Waals surface area (Å²) in [6, 6.07) is 18.6. The van der Waals surface area contributed by atoms with Crippen molar-refractivity contribution in [1.29, 1.82) is 0 Å². The number of ether oxygens (including phenoxy) is 1. The Kier molecular flexibility index (Phi) is 6.99. The van der Waals surface area contributed by atoms with Crippen LogP contribution in [-0.2, 0) is 12.8 Å². The van der Waals surface area contributed by atoms with Crippen molar-refractivity contribution in [2.75, 3.05) is 7.11 Å². The number of rotatable bonds is 8. The Morgan fingerprint density at radius 3 is 2.50 bits per heavy atom. The zero-order chi connectivity index (χ0) is 26.6. The molecule has 0 amide bonds. The molecule has 0 radical (unpaired) electrons. The molecule has 0 saturated carbocycles. The summed E-state index contributed by atoms with van der Waals surface area (Å²) in [5.74, 6) is -0.0130. The van der Waals surface area contributed by atoms with E-state index < -0.39 is 5.82 Å². The zero-order valence-electron chi connectivity index (χ0n) is 20.9. The molecule has 9 heteroatoms. The third-order valence-electron chi connectivity index (χ3n) is 6.25. The maximum Gasteiger partial charge on any atom is 0.417 e. The summed E-state index contributed by atoms with van der Waals surface area (Å²) >= 11 is 0. The van der Waals surface area contributed by atoms with Crippen LogP contribution >= 0.6 is 0 Å². The van der Waals surface area contributed by atoms with E-state index in [4.69, 9.17) is 9.26 Å². The van der Waals surface area contributed by atoms with E-state index in [1.165, 1.54) is 36.2 Å². The summed E-state index contributed by atoms with van der Waals surface area (Å²) in [6.45, 7) is 2.00. The van der Waals surface area contributed by atoms with Gasteiger partial charge in [0.1, 0.15) is 17.9 Å².